The van der Waals surface area contributed by atoms with Gasteiger partial charge in [-0.2, -0.15) is 0 Å². The van der Waals surface area contributed by atoms with Gasteiger partial charge in [-0.1, -0.05) is 61.3 Å². The number of ether oxygens (including phenoxy) is 1. The van der Waals surface area contributed by atoms with Crippen LogP contribution >= 0.6 is 11.6 Å². The maximum absolute atomic E-state index is 12.1. The number of carbonyl (C=O) groups is 3. The summed E-state index contributed by atoms with van der Waals surface area (Å²) in [6.45, 7) is 1.80. The van der Waals surface area contributed by atoms with Crippen molar-refractivity contribution in [3.63, 3.8) is 0 Å². The average molecular weight is 403 g/mol. The summed E-state index contributed by atoms with van der Waals surface area (Å²) >= 11 is 5.92. The summed E-state index contributed by atoms with van der Waals surface area (Å²) in [6, 6.07) is 14.2. The Morgan fingerprint density at radius 2 is 1.61 bits per heavy atom. The fraction of sp³-hybridized carbons (Fsp3) is 0.286. The van der Waals surface area contributed by atoms with Gasteiger partial charge in [-0.15, -0.1) is 0 Å². The molecule has 0 heterocycles. The molecule has 0 radical (unpaired) electrons. The minimum Gasteiger partial charge on any atom is -0.482 e. The summed E-state index contributed by atoms with van der Waals surface area (Å²) in [5.41, 5.74) is 6.25. The van der Waals surface area contributed by atoms with Crippen LogP contribution in [0.1, 0.15) is 42.1 Å². The zero-order valence-corrected chi connectivity index (χ0v) is 16.4. The third-order valence-corrected chi connectivity index (χ3v) is 4.24. The second kappa shape index (κ2) is 11.1. The van der Waals surface area contributed by atoms with Crippen molar-refractivity contribution in [3.05, 3.63) is 64.7 Å². The summed E-state index contributed by atoms with van der Waals surface area (Å²) in [4.78, 5) is 35.7. The fourth-order valence-electron chi connectivity index (χ4n) is 2.46. The van der Waals surface area contributed by atoms with E-state index >= 15 is 0 Å². The largest absolute Gasteiger partial charge is 0.482 e. The molecule has 2 aromatic rings. The van der Waals surface area contributed by atoms with Gasteiger partial charge >= 0.3 is 0 Å². The molecule has 0 aliphatic carbocycles. The number of halogens is 1. The minimum atomic E-state index is -0.536. The van der Waals surface area contributed by atoms with E-state index in [1.165, 1.54) is 5.56 Å². The van der Waals surface area contributed by atoms with E-state index in [4.69, 9.17) is 16.3 Å². The number of benzene rings is 2. The molecule has 0 atom stereocenters. The molecule has 2 rings (SSSR count). The van der Waals surface area contributed by atoms with Crippen LogP contribution in [-0.2, 0) is 16.0 Å². The number of nitrogens with one attached hydrogen (secondary N) is 2. The summed E-state index contributed by atoms with van der Waals surface area (Å²) in [7, 11) is 0. The van der Waals surface area contributed by atoms with E-state index in [9.17, 15) is 14.4 Å². The SMILES string of the molecule is CCCc1ccc(C(=O)CCC(=O)NNC(=O)COc2ccccc2Cl)cc1. The second-order valence-electron chi connectivity index (χ2n) is 6.19. The van der Waals surface area contributed by atoms with E-state index in [1.54, 1.807) is 36.4 Å². The van der Waals surface area contributed by atoms with Crippen LogP contribution in [0.15, 0.2) is 48.5 Å². The van der Waals surface area contributed by atoms with Gasteiger partial charge in [-0.05, 0) is 24.1 Å². The van der Waals surface area contributed by atoms with Crippen LogP contribution in [0.25, 0.3) is 0 Å². The van der Waals surface area contributed by atoms with Crippen LogP contribution in [0.3, 0.4) is 0 Å². The average Bonchev–Trinajstić information content (AvgIpc) is 2.70. The number of hydrogen-bond donors (Lipinski definition) is 2. The van der Waals surface area contributed by atoms with Crippen molar-refractivity contribution in [2.75, 3.05) is 6.61 Å². The maximum atomic E-state index is 12.1. The first kappa shape index (κ1) is 21.4. The van der Waals surface area contributed by atoms with Crippen molar-refractivity contribution in [1.29, 1.82) is 0 Å². The fourth-order valence-corrected chi connectivity index (χ4v) is 2.65. The predicted octanol–water partition coefficient (Wildman–Crippen LogP) is 3.48. The van der Waals surface area contributed by atoms with Gasteiger partial charge in [0.15, 0.2) is 12.4 Å². The lowest BCUT2D eigenvalue weighted by atomic mass is 10.0. The van der Waals surface area contributed by atoms with Crippen LogP contribution in [-0.4, -0.2) is 24.2 Å². The Labute approximate surface area is 169 Å². The molecule has 28 heavy (non-hydrogen) atoms. The molecule has 7 heteroatoms. The lowest BCUT2D eigenvalue weighted by Crippen LogP contribution is -2.43. The van der Waals surface area contributed by atoms with Gasteiger partial charge in [0.05, 0.1) is 5.02 Å². The Kier molecular flexibility index (Phi) is 8.49. The van der Waals surface area contributed by atoms with Gasteiger partial charge in [0, 0.05) is 18.4 Å². The van der Waals surface area contributed by atoms with Gasteiger partial charge in [0.25, 0.3) is 5.91 Å². The van der Waals surface area contributed by atoms with Crippen LogP contribution in [0.2, 0.25) is 5.02 Å². The quantitative estimate of drug-likeness (QED) is 0.496. The summed E-state index contributed by atoms with van der Waals surface area (Å²) in [5, 5.41) is 0.389. The molecule has 2 aromatic carbocycles. The number of ketones is 1. The topological polar surface area (TPSA) is 84.5 Å². The molecule has 6 nitrogen and oxygen atoms in total. The first-order valence-corrected chi connectivity index (χ1v) is 9.44. The highest BCUT2D eigenvalue weighted by Crippen LogP contribution is 2.22. The van der Waals surface area contributed by atoms with E-state index in [-0.39, 0.29) is 25.2 Å². The van der Waals surface area contributed by atoms with Crippen LogP contribution in [0.5, 0.6) is 5.75 Å². The molecule has 0 bridgehead atoms. The summed E-state index contributed by atoms with van der Waals surface area (Å²) in [6.07, 6.45) is 2.05. The Hall–Kier alpha value is -2.86. The number of hydrazine groups is 1. The Morgan fingerprint density at radius 3 is 2.29 bits per heavy atom. The first-order valence-electron chi connectivity index (χ1n) is 9.06. The third kappa shape index (κ3) is 7.04. The summed E-state index contributed by atoms with van der Waals surface area (Å²) < 4.78 is 5.26. The standard InChI is InChI=1S/C21H23ClN2O4/c1-2-5-15-8-10-16(11-9-15)18(25)12-13-20(26)23-24-21(27)14-28-19-7-4-3-6-17(19)22/h3-4,6-11H,2,5,12-14H2,1H3,(H,23,26)(H,24,27). The molecule has 0 saturated heterocycles. The second-order valence-corrected chi connectivity index (χ2v) is 6.59. The summed E-state index contributed by atoms with van der Waals surface area (Å²) in [5.74, 6) is -0.735. The van der Waals surface area contributed by atoms with Gasteiger partial charge < -0.3 is 4.74 Å². The Bertz CT molecular complexity index is 821. The molecule has 148 valence electrons. The van der Waals surface area contributed by atoms with Crippen LogP contribution in [0.4, 0.5) is 0 Å². The van der Waals surface area contributed by atoms with E-state index in [1.807, 2.05) is 12.1 Å². The third-order valence-electron chi connectivity index (χ3n) is 3.93. The molecule has 0 aliphatic rings. The molecule has 2 N–H and O–H groups in total. The highest BCUT2D eigenvalue weighted by molar-refractivity contribution is 6.32. The zero-order valence-electron chi connectivity index (χ0n) is 15.7. The zero-order chi connectivity index (χ0) is 20.4. The molecule has 2 amide bonds. The number of aryl methyl sites for hydroxylation is 1. The van der Waals surface area contributed by atoms with Crippen molar-refractivity contribution in [2.24, 2.45) is 0 Å². The highest BCUT2D eigenvalue weighted by atomic mass is 35.5. The molecular weight excluding hydrogens is 380 g/mol. The molecule has 0 aliphatic heterocycles. The maximum Gasteiger partial charge on any atom is 0.276 e. The molecular formula is C21H23ClN2O4. The van der Waals surface area contributed by atoms with Crippen molar-refractivity contribution in [2.45, 2.75) is 32.6 Å². The number of rotatable bonds is 9. The van der Waals surface area contributed by atoms with Gasteiger partial charge in [0.2, 0.25) is 5.91 Å². The van der Waals surface area contributed by atoms with E-state index in [2.05, 4.69) is 17.8 Å². The monoisotopic (exact) mass is 402 g/mol. The van der Waals surface area contributed by atoms with Crippen molar-refractivity contribution in [1.82, 2.24) is 10.9 Å². The molecule has 0 fully saturated rings. The number of para-hydroxylation sites is 1. The Morgan fingerprint density at radius 1 is 0.929 bits per heavy atom. The lowest BCUT2D eigenvalue weighted by Gasteiger charge is -2.09. The van der Waals surface area contributed by atoms with Crippen LogP contribution in [0, 0.1) is 0 Å². The molecule has 0 unspecified atom stereocenters. The Balaban J connectivity index is 1.68. The van der Waals surface area contributed by atoms with Crippen molar-refractivity contribution < 1.29 is 19.1 Å². The van der Waals surface area contributed by atoms with E-state index in [0.717, 1.165) is 12.8 Å². The van der Waals surface area contributed by atoms with Gasteiger partial charge in [0.1, 0.15) is 5.75 Å². The van der Waals surface area contributed by atoms with Crippen LogP contribution < -0.4 is 15.6 Å². The number of Topliss-reactive ketones (excluding diaryl/α,β-unsaturated/α-hetero) is 1. The van der Waals surface area contributed by atoms with Gasteiger partial charge in [-0.3, -0.25) is 25.2 Å². The van der Waals surface area contributed by atoms with E-state index in [0.29, 0.717) is 16.3 Å². The minimum absolute atomic E-state index is 0.0266. The number of carbonyl (C=O) groups excluding carboxylic acids is 3. The molecule has 0 saturated carbocycles. The number of hydrogen-bond acceptors (Lipinski definition) is 4. The first-order chi connectivity index (χ1) is 13.5. The van der Waals surface area contributed by atoms with Crippen molar-refractivity contribution >= 4 is 29.2 Å². The van der Waals surface area contributed by atoms with Gasteiger partial charge in [-0.25, -0.2) is 0 Å². The highest BCUT2D eigenvalue weighted by Gasteiger charge is 2.11. The van der Waals surface area contributed by atoms with Crippen molar-refractivity contribution in [3.8, 4) is 5.75 Å². The smallest absolute Gasteiger partial charge is 0.276 e. The predicted molar refractivity (Wildman–Crippen MR) is 107 cm³/mol. The lowest BCUT2D eigenvalue weighted by molar-refractivity contribution is -0.130. The molecule has 0 aromatic heterocycles. The van der Waals surface area contributed by atoms with E-state index < -0.39 is 11.8 Å². The number of amides is 2. The normalized spacial score (nSPS) is 10.2. The molecule has 0 spiro atoms.